The number of aromatic nitrogens is 2. The van der Waals surface area contributed by atoms with Gasteiger partial charge in [-0.25, -0.2) is 9.97 Å². The summed E-state index contributed by atoms with van der Waals surface area (Å²) in [6.07, 6.45) is 2.75. The molecule has 3 aromatic rings. The molecule has 27 heavy (non-hydrogen) atoms. The maximum Gasteiger partial charge on any atom is 0.240 e. The second-order valence-corrected chi connectivity index (χ2v) is 8.14. The van der Waals surface area contributed by atoms with Crippen LogP contribution in [-0.4, -0.2) is 34.5 Å². The number of hydrogen-bond donors (Lipinski definition) is 2. The first-order valence-corrected chi connectivity index (χ1v) is 10.1. The third-order valence-corrected chi connectivity index (χ3v) is 6.15. The van der Waals surface area contributed by atoms with Gasteiger partial charge in [0.1, 0.15) is 12.1 Å². The first-order valence-electron chi connectivity index (χ1n) is 8.80. The fraction of sp³-hybridized carbons (Fsp3) is 0.316. The van der Waals surface area contributed by atoms with Crippen molar-refractivity contribution in [1.29, 1.82) is 0 Å². The molecule has 1 amide bonds. The molecule has 1 aromatic carbocycles. The SMILES string of the molecule is NC1(C(=O)NCc2ccc(Cl)cc2)CCN(c2ncnc3ccsc23)CC1. The number of piperidine rings is 1. The zero-order chi connectivity index (χ0) is 18.9. The van der Waals surface area contributed by atoms with Crippen LogP contribution in [0, 0.1) is 0 Å². The molecule has 6 nitrogen and oxygen atoms in total. The molecular weight excluding hydrogens is 382 g/mol. The summed E-state index contributed by atoms with van der Waals surface area (Å²) in [5, 5.41) is 5.66. The average molecular weight is 402 g/mol. The van der Waals surface area contributed by atoms with E-state index in [0.717, 1.165) is 21.6 Å². The molecule has 1 aliphatic rings. The van der Waals surface area contributed by atoms with Gasteiger partial charge in [0.2, 0.25) is 5.91 Å². The van der Waals surface area contributed by atoms with E-state index in [1.54, 1.807) is 17.7 Å². The van der Waals surface area contributed by atoms with E-state index in [4.69, 9.17) is 17.3 Å². The van der Waals surface area contributed by atoms with Gasteiger partial charge < -0.3 is 16.0 Å². The summed E-state index contributed by atoms with van der Waals surface area (Å²) < 4.78 is 1.08. The summed E-state index contributed by atoms with van der Waals surface area (Å²) in [5.41, 5.74) is 7.53. The predicted molar refractivity (Wildman–Crippen MR) is 109 cm³/mol. The van der Waals surface area contributed by atoms with E-state index in [1.165, 1.54) is 0 Å². The van der Waals surface area contributed by atoms with Crippen LogP contribution in [0.4, 0.5) is 5.82 Å². The average Bonchev–Trinajstić information content (AvgIpc) is 3.17. The van der Waals surface area contributed by atoms with E-state index in [-0.39, 0.29) is 5.91 Å². The minimum Gasteiger partial charge on any atom is -0.355 e. The molecule has 140 valence electrons. The number of nitrogens with zero attached hydrogens (tertiary/aromatic N) is 3. The molecule has 0 bridgehead atoms. The van der Waals surface area contributed by atoms with Crippen LogP contribution in [0.1, 0.15) is 18.4 Å². The number of nitrogens with two attached hydrogens (primary N) is 1. The van der Waals surface area contributed by atoms with Gasteiger partial charge in [-0.15, -0.1) is 11.3 Å². The normalized spacial score (nSPS) is 16.4. The van der Waals surface area contributed by atoms with Crippen LogP contribution in [-0.2, 0) is 11.3 Å². The summed E-state index contributed by atoms with van der Waals surface area (Å²) in [6, 6.07) is 9.41. The van der Waals surface area contributed by atoms with Crippen LogP contribution in [0.2, 0.25) is 5.02 Å². The maximum absolute atomic E-state index is 12.7. The smallest absolute Gasteiger partial charge is 0.240 e. The molecule has 4 rings (SSSR count). The fourth-order valence-corrected chi connectivity index (χ4v) is 4.29. The van der Waals surface area contributed by atoms with Gasteiger partial charge in [0.15, 0.2) is 0 Å². The number of benzene rings is 1. The van der Waals surface area contributed by atoms with E-state index in [1.807, 2.05) is 35.7 Å². The molecule has 0 unspecified atom stereocenters. The second kappa shape index (κ2) is 7.42. The Hall–Kier alpha value is -2.22. The summed E-state index contributed by atoms with van der Waals surface area (Å²) >= 11 is 7.53. The molecule has 0 spiro atoms. The number of thiophene rings is 1. The monoisotopic (exact) mass is 401 g/mol. The van der Waals surface area contributed by atoms with E-state index >= 15 is 0 Å². The third-order valence-electron chi connectivity index (χ3n) is 5.00. The Morgan fingerprint density at radius 2 is 1.96 bits per heavy atom. The molecule has 0 radical (unpaired) electrons. The second-order valence-electron chi connectivity index (χ2n) is 6.78. The van der Waals surface area contributed by atoms with Crippen molar-refractivity contribution < 1.29 is 4.79 Å². The van der Waals surface area contributed by atoms with Gasteiger partial charge in [-0.2, -0.15) is 0 Å². The molecule has 8 heteroatoms. The van der Waals surface area contributed by atoms with Crippen LogP contribution >= 0.6 is 22.9 Å². The molecule has 0 atom stereocenters. The highest BCUT2D eigenvalue weighted by Gasteiger charge is 2.38. The number of carbonyl (C=O) groups excluding carboxylic acids is 1. The lowest BCUT2D eigenvalue weighted by atomic mass is 9.87. The number of fused-ring (bicyclic) bond motifs is 1. The molecule has 2 aromatic heterocycles. The predicted octanol–water partition coefficient (Wildman–Crippen LogP) is 2.96. The Bertz CT molecular complexity index is 950. The van der Waals surface area contributed by atoms with Gasteiger partial charge >= 0.3 is 0 Å². The van der Waals surface area contributed by atoms with Gasteiger partial charge in [-0.1, -0.05) is 23.7 Å². The minimum absolute atomic E-state index is 0.110. The zero-order valence-electron chi connectivity index (χ0n) is 14.7. The van der Waals surface area contributed by atoms with Crippen molar-refractivity contribution >= 4 is 44.9 Å². The summed E-state index contributed by atoms with van der Waals surface area (Å²) in [6.45, 7) is 1.82. The topological polar surface area (TPSA) is 84.1 Å². The molecule has 0 saturated carbocycles. The van der Waals surface area contributed by atoms with Gasteiger partial charge in [0.05, 0.1) is 15.8 Å². The van der Waals surface area contributed by atoms with Gasteiger partial charge in [-0.3, -0.25) is 4.79 Å². The van der Waals surface area contributed by atoms with Gasteiger partial charge in [0.25, 0.3) is 0 Å². The molecule has 1 aliphatic heterocycles. The van der Waals surface area contributed by atoms with Crippen LogP contribution in [0.25, 0.3) is 10.2 Å². The number of carbonyl (C=O) groups is 1. The number of amides is 1. The van der Waals surface area contributed by atoms with Crippen LogP contribution in [0.15, 0.2) is 42.0 Å². The van der Waals surface area contributed by atoms with Crippen molar-refractivity contribution in [2.75, 3.05) is 18.0 Å². The number of halogens is 1. The fourth-order valence-electron chi connectivity index (χ4n) is 3.31. The van der Waals surface area contributed by atoms with E-state index in [9.17, 15) is 4.79 Å². The van der Waals surface area contributed by atoms with Gasteiger partial charge in [-0.05, 0) is 42.0 Å². The third kappa shape index (κ3) is 3.76. The lowest BCUT2D eigenvalue weighted by Gasteiger charge is -2.38. The van der Waals surface area contributed by atoms with Crippen molar-refractivity contribution in [1.82, 2.24) is 15.3 Å². The molecule has 3 N–H and O–H groups in total. The van der Waals surface area contributed by atoms with Crippen molar-refractivity contribution in [2.24, 2.45) is 5.73 Å². The Kier molecular flexibility index (Phi) is 4.99. The van der Waals surface area contributed by atoms with Crippen LogP contribution < -0.4 is 16.0 Å². The highest BCUT2D eigenvalue weighted by atomic mass is 35.5. The van der Waals surface area contributed by atoms with Crippen LogP contribution in [0.5, 0.6) is 0 Å². The van der Waals surface area contributed by atoms with Crippen molar-refractivity contribution in [3.8, 4) is 0 Å². The first-order chi connectivity index (χ1) is 13.0. The molecule has 1 fully saturated rings. The molecule has 0 aliphatic carbocycles. The van der Waals surface area contributed by atoms with Crippen molar-refractivity contribution in [2.45, 2.75) is 24.9 Å². The summed E-state index contributed by atoms with van der Waals surface area (Å²) in [4.78, 5) is 23.6. The number of anilines is 1. The first kappa shape index (κ1) is 18.2. The number of rotatable bonds is 4. The lowest BCUT2D eigenvalue weighted by molar-refractivity contribution is -0.127. The van der Waals surface area contributed by atoms with E-state index in [2.05, 4.69) is 20.2 Å². The van der Waals surface area contributed by atoms with Gasteiger partial charge in [0, 0.05) is 24.7 Å². The van der Waals surface area contributed by atoms with Crippen molar-refractivity contribution in [3.05, 3.63) is 52.6 Å². The summed E-state index contributed by atoms with van der Waals surface area (Å²) in [5.74, 6) is 0.819. The highest BCUT2D eigenvalue weighted by molar-refractivity contribution is 7.17. The molecule has 1 saturated heterocycles. The zero-order valence-corrected chi connectivity index (χ0v) is 16.3. The Labute approximate surface area is 166 Å². The van der Waals surface area contributed by atoms with E-state index in [0.29, 0.717) is 37.5 Å². The molecule has 3 heterocycles. The Balaban J connectivity index is 1.39. The standard InChI is InChI=1S/C19H20ClN5OS/c20-14-3-1-13(2-4-14)11-22-18(26)19(21)6-8-25(9-7-19)17-16-15(5-10-27-16)23-12-24-17/h1-5,10,12H,6-9,11,21H2,(H,22,26). The lowest BCUT2D eigenvalue weighted by Crippen LogP contribution is -2.59. The van der Waals surface area contributed by atoms with E-state index < -0.39 is 5.54 Å². The van der Waals surface area contributed by atoms with Crippen LogP contribution in [0.3, 0.4) is 0 Å². The Morgan fingerprint density at radius 1 is 1.22 bits per heavy atom. The highest BCUT2D eigenvalue weighted by Crippen LogP contribution is 2.31. The number of nitrogens with one attached hydrogen (secondary N) is 1. The largest absolute Gasteiger partial charge is 0.355 e. The maximum atomic E-state index is 12.7. The quantitative estimate of drug-likeness (QED) is 0.702. The number of hydrogen-bond acceptors (Lipinski definition) is 6. The van der Waals surface area contributed by atoms with Crippen molar-refractivity contribution in [3.63, 3.8) is 0 Å². The summed E-state index contributed by atoms with van der Waals surface area (Å²) in [7, 11) is 0. The minimum atomic E-state index is -0.857. The molecular formula is C19H20ClN5OS. The Morgan fingerprint density at radius 3 is 2.70 bits per heavy atom.